The van der Waals surface area contributed by atoms with Crippen molar-refractivity contribution in [1.82, 2.24) is 0 Å². The van der Waals surface area contributed by atoms with Gasteiger partial charge in [0.05, 0.1) is 6.61 Å². The van der Waals surface area contributed by atoms with Gasteiger partial charge in [0.15, 0.2) is 0 Å². The molecule has 20 heavy (non-hydrogen) atoms. The monoisotopic (exact) mass is 296 g/mol. The average molecular weight is 296 g/mol. The molecule has 0 aliphatic carbocycles. The molecule has 8 heteroatoms. The Kier molecular flexibility index (Phi) is 5.23. The number of benzene rings is 1. The summed E-state index contributed by atoms with van der Waals surface area (Å²) in [5.41, 5.74) is 0.0965. The van der Waals surface area contributed by atoms with E-state index in [0.717, 1.165) is 5.56 Å². The van der Waals surface area contributed by atoms with Gasteiger partial charge in [-0.3, -0.25) is 4.28 Å². The van der Waals surface area contributed by atoms with Crippen molar-refractivity contribution in [3.63, 3.8) is 0 Å². The van der Waals surface area contributed by atoms with Gasteiger partial charge in [0.1, 0.15) is 11.0 Å². The second-order valence-corrected chi connectivity index (χ2v) is 5.14. The Hall–Kier alpha value is -2.40. The first-order valence-corrected chi connectivity index (χ1v) is 6.97. The first kappa shape index (κ1) is 15.7. The Morgan fingerprint density at radius 2 is 1.95 bits per heavy atom. The zero-order valence-corrected chi connectivity index (χ0v) is 11.7. The van der Waals surface area contributed by atoms with Gasteiger partial charge in [-0.1, -0.05) is 17.7 Å². The van der Waals surface area contributed by atoms with Gasteiger partial charge in [0.25, 0.3) is 5.71 Å². The third-order valence-corrected chi connectivity index (χ3v) is 3.23. The predicted octanol–water partition coefficient (Wildman–Crippen LogP) is 1.14. The number of hydrogen-bond acceptors (Lipinski definition) is 7. The van der Waals surface area contributed by atoms with Gasteiger partial charge in [-0.15, -0.1) is 0 Å². The van der Waals surface area contributed by atoms with Crippen molar-refractivity contribution in [3.8, 4) is 6.07 Å². The molecule has 106 valence electrons. The molecular weight excluding hydrogens is 284 g/mol. The van der Waals surface area contributed by atoms with Crippen molar-refractivity contribution < 1.29 is 22.2 Å². The van der Waals surface area contributed by atoms with Crippen LogP contribution in [0.25, 0.3) is 0 Å². The van der Waals surface area contributed by atoms with E-state index < -0.39 is 21.8 Å². The fourth-order valence-corrected chi connectivity index (χ4v) is 1.87. The molecule has 1 aromatic rings. The molecule has 0 aliphatic heterocycles. The molecule has 0 radical (unpaired) electrons. The van der Waals surface area contributed by atoms with Crippen molar-refractivity contribution in [2.24, 2.45) is 5.16 Å². The van der Waals surface area contributed by atoms with E-state index in [-0.39, 0.29) is 11.5 Å². The first-order chi connectivity index (χ1) is 9.40. The van der Waals surface area contributed by atoms with Gasteiger partial charge in [0.2, 0.25) is 0 Å². The summed E-state index contributed by atoms with van der Waals surface area (Å²) in [5, 5.41) is 11.7. The molecule has 0 aliphatic rings. The van der Waals surface area contributed by atoms with E-state index in [4.69, 9.17) is 5.26 Å². The van der Waals surface area contributed by atoms with Crippen LogP contribution in [0.4, 0.5) is 0 Å². The van der Waals surface area contributed by atoms with Crippen LogP contribution >= 0.6 is 0 Å². The van der Waals surface area contributed by atoms with Crippen LogP contribution in [-0.4, -0.2) is 26.7 Å². The van der Waals surface area contributed by atoms with Gasteiger partial charge in [-0.2, -0.15) is 13.7 Å². The highest BCUT2D eigenvalue weighted by molar-refractivity contribution is 7.86. The molecular formula is C12H12N2O5S. The molecule has 0 spiro atoms. The van der Waals surface area contributed by atoms with Crippen molar-refractivity contribution >= 4 is 21.8 Å². The number of rotatable bonds is 5. The summed E-state index contributed by atoms with van der Waals surface area (Å²) in [7, 11) is -4.18. The van der Waals surface area contributed by atoms with E-state index in [0.29, 0.717) is 0 Å². The molecule has 0 aromatic heterocycles. The molecule has 0 bridgehead atoms. The number of aryl methyl sites for hydroxylation is 1. The van der Waals surface area contributed by atoms with Crippen LogP contribution < -0.4 is 0 Å². The lowest BCUT2D eigenvalue weighted by molar-refractivity contribution is -0.135. The minimum Gasteiger partial charge on any atom is -0.461 e. The number of carbonyl (C=O) groups excluding carboxylic acids is 1. The summed E-state index contributed by atoms with van der Waals surface area (Å²) in [4.78, 5) is 11.1. The second kappa shape index (κ2) is 6.68. The zero-order chi connectivity index (χ0) is 15.2. The van der Waals surface area contributed by atoms with Gasteiger partial charge in [-0.25, -0.2) is 4.79 Å². The fraction of sp³-hybridized carbons (Fsp3) is 0.250. The average Bonchev–Trinajstić information content (AvgIpc) is 2.40. The normalized spacial score (nSPS) is 11.6. The molecule has 0 heterocycles. The molecule has 0 N–H and O–H groups in total. The Labute approximate surface area is 116 Å². The topological polar surface area (TPSA) is 106 Å². The van der Waals surface area contributed by atoms with Crippen LogP contribution in [0.15, 0.2) is 34.3 Å². The van der Waals surface area contributed by atoms with Crippen molar-refractivity contribution in [2.75, 3.05) is 6.61 Å². The fourth-order valence-electron chi connectivity index (χ4n) is 1.14. The van der Waals surface area contributed by atoms with Crippen molar-refractivity contribution in [2.45, 2.75) is 18.7 Å². The maximum atomic E-state index is 11.8. The number of oxime groups is 1. The number of hydrogen-bond donors (Lipinski definition) is 0. The number of esters is 1. The molecule has 0 atom stereocenters. The highest BCUT2D eigenvalue weighted by Gasteiger charge is 2.19. The zero-order valence-electron chi connectivity index (χ0n) is 10.9. The molecule has 0 saturated carbocycles. The quantitative estimate of drug-likeness (QED) is 0.458. The third kappa shape index (κ3) is 4.07. The number of ether oxygens (including phenoxy) is 1. The van der Waals surface area contributed by atoms with E-state index in [2.05, 4.69) is 14.2 Å². The van der Waals surface area contributed by atoms with Crippen LogP contribution in [0.1, 0.15) is 12.5 Å². The standard InChI is InChI=1S/C12H12N2O5S/c1-3-18-12(15)11(8-13)14-19-20(16,17)10-6-4-9(2)5-7-10/h4-7H,3H2,1-2H3. The maximum absolute atomic E-state index is 11.8. The molecule has 7 nitrogen and oxygen atoms in total. The Balaban J connectivity index is 2.94. The van der Waals surface area contributed by atoms with Crippen LogP contribution in [0.2, 0.25) is 0 Å². The molecule has 1 rings (SSSR count). The lowest BCUT2D eigenvalue weighted by Gasteiger charge is -2.02. The predicted molar refractivity (Wildman–Crippen MR) is 69.1 cm³/mol. The number of nitriles is 1. The largest absolute Gasteiger partial charge is 0.461 e. The molecule has 0 saturated heterocycles. The second-order valence-electron chi connectivity index (χ2n) is 3.61. The summed E-state index contributed by atoms with van der Waals surface area (Å²) in [6.45, 7) is 3.37. The maximum Gasteiger partial charge on any atom is 0.371 e. The lowest BCUT2D eigenvalue weighted by Crippen LogP contribution is -2.17. The third-order valence-electron chi connectivity index (χ3n) is 2.11. The lowest BCUT2D eigenvalue weighted by atomic mass is 10.2. The summed E-state index contributed by atoms with van der Waals surface area (Å²) in [6.07, 6.45) is 0. The molecule has 0 unspecified atom stereocenters. The van der Waals surface area contributed by atoms with Crippen molar-refractivity contribution in [1.29, 1.82) is 5.26 Å². The molecule has 0 fully saturated rings. The van der Waals surface area contributed by atoms with E-state index in [1.807, 2.05) is 0 Å². The minimum atomic E-state index is -4.18. The van der Waals surface area contributed by atoms with E-state index in [1.165, 1.54) is 25.1 Å². The van der Waals surface area contributed by atoms with Gasteiger partial charge < -0.3 is 4.74 Å². The van der Waals surface area contributed by atoms with Gasteiger partial charge in [-0.05, 0) is 31.1 Å². The van der Waals surface area contributed by atoms with E-state index in [1.54, 1.807) is 19.1 Å². The Morgan fingerprint density at radius 3 is 2.45 bits per heavy atom. The molecule has 0 amide bonds. The number of nitrogens with zero attached hydrogens (tertiary/aromatic N) is 2. The smallest absolute Gasteiger partial charge is 0.371 e. The number of carbonyl (C=O) groups is 1. The highest BCUT2D eigenvalue weighted by Crippen LogP contribution is 2.13. The summed E-state index contributed by atoms with van der Waals surface area (Å²) < 4.78 is 32.3. The van der Waals surface area contributed by atoms with Crippen molar-refractivity contribution in [3.05, 3.63) is 29.8 Å². The highest BCUT2D eigenvalue weighted by atomic mass is 32.2. The van der Waals surface area contributed by atoms with Gasteiger partial charge in [0, 0.05) is 0 Å². The summed E-state index contributed by atoms with van der Waals surface area (Å²) >= 11 is 0. The van der Waals surface area contributed by atoms with Crippen LogP contribution in [0, 0.1) is 18.3 Å². The summed E-state index contributed by atoms with van der Waals surface area (Å²) in [5.74, 6) is -1.05. The molecule has 1 aromatic carbocycles. The van der Waals surface area contributed by atoms with Crippen LogP contribution in [0.5, 0.6) is 0 Å². The van der Waals surface area contributed by atoms with Gasteiger partial charge >= 0.3 is 16.1 Å². The van der Waals surface area contributed by atoms with Crippen LogP contribution in [0.3, 0.4) is 0 Å². The van der Waals surface area contributed by atoms with E-state index >= 15 is 0 Å². The summed E-state index contributed by atoms with van der Waals surface area (Å²) in [6, 6.07) is 7.23. The SMILES string of the molecule is CCOC(=O)C(C#N)=NOS(=O)(=O)c1ccc(C)cc1. The van der Waals surface area contributed by atoms with E-state index in [9.17, 15) is 13.2 Å². The Bertz CT molecular complexity index is 656. The Morgan fingerprint density at radius 1 is 1.35 bits per heavy atom. The van der Waals surface area contributed by atoms with Crippen LogP contribution in [-0.2, 0) is 23.9 Å². The minimum absolute atomic E-state index is 0.0320. The first-order valence-electron chi connectivity index (χ1n) is 5.56.